The van der Waals surface area contributed by atoms with Crippen LogP contribution in [0, 0.1) is 6.92 Å². The van der Waals surface area contributed by atoms with Crippen LogP contribution in [0.15, 0.2) is 79.1 Å². The average Bonchev–Trinajstić information content (AvgIpc) is 2.80. The zero-order valence-electron chi connectivity index (χ0n) is 16.9. The summed E-state index contributed by atoms with van der Waals surface area (Å²) in [5.41, 5.74) is 6.07. The minimum Gasteiger partial charge on any atom is -0.396 e. The summed E-state index contributed by atoms with van der Waals surface area (Å²) in [6.07, 6.45) is 4.35. The predicted molar refractivity (Wildman–Crippen MR) is 121 cm³/mol. The molecule has 5 heteroatoms. The molecule has 0 fully saturated rings. The molecule has 0 aliphatic carbocycles. The van der Waals surface area contributed by atoms with E-state index in [0.29, 0.717) is 18.8 Å². The summed E-state index contributed by atoms with van der Waals surface area (Å²) in [7, 11) is 0. The summed E-state index contributed by atoms with van der Waals surface area (Å²) in [6.45, 7) is 2.86. The molecule has 5 nitrogen and oxygen atoms in total. The van der Waals surface area contributed by atoms with Crippen LogP contribution in [0.25, 0.3) is 33.8 Å². The van der Waals surface area contributed by atoms with Crippen LogP contribution in [0.2, 0.25) is 0 Å². The van der Waals surface area contributed by atoms with Crippen LogP contribution in [0.1, 0.15) is 12.0 Å². The first-order valence-corrected chi connectivity index (χ1v) is 10.0. The normalized spacial score (nSPS) is 10.7. The van der Waals surface area contributed by atoms with Crippen LogP contribution in [0.3, 0.4) is 0 Å². The van der Waals surface area contributed by atoms with Gasteiger partial charge in [-0.05, 0) is 25.0 Å². The molecule has 2 heterocycles. The highest BCUT2D eigenvalue weighted by atomic mass is 16.3. The minimum atomic E-state index is 0.138. The third-order valence-corrected chi connectivity index (χ3v) is 4.82. The molecule has 2 N–H and O–H groups in total. The summed E-state index contributed by atoms with van der Waals surface area (Å²) in [6, 6.07) is 22.4. The fourth-order valence-corrected chi connectivity index (χ4v) is 3.18. The van der Waals surface area contributed by atoms with Crippen molar-refractivity contribution in [3.05, 3.63) is 84.7 Å². The van der Waals surface area contributed by atoms with Crippen LogP contribution < -0.4 is 5.32 Å². The fourth-order valence-electron chi connectivity index (χ4n) is 3.18. The second-order valence-corrected chi connectivity index (χ2v) is 7.16. The van der Waals surface area contributed by atoms with Gasteiger partial charge in [0.05, 0.1) is 5.69 Å². The van der Waals surface area contributed by atoms with Crippen LogP contribution >= 0.6 is 0 Å². The fraction of sp³-hybridized carbons (Fsp3) is 0.160. The van der Waals surface area contributed by atoms with Gasteiger partial charge in [0.15, 0.2) is 5.82 Å². The van der Waals surface area contributed by atoms with E-state index in [2.05, 4.69) is 52.5 Å². The summed E-state index contributed by atoms with van der Waals surface area (Å²) in [5.74, 6) is 1.38. The van der Waals surface area contributed by atoms with Gasteiger partial charge in [-0.3, -0.25) is 4.98 Å². The standard InChI is InChI=1S/C25H24N4O/c1-18-8-10-19(11-9-18)21-14-22(17-26-16-21)23-15-24(27-12-5-13-30)29-25(28-23)20-6-3-2-4-7-20/h2-4,6-11,14-17,30H,5,12-13H2,1H3,(H,27,28,29). The number of benzene rings is 2. The van der Waals surface area contributed by atoms with E-state index in [-0.39, 0.29) is 6.61 Å². The van der Waals surface area contributed by atoms with E-state index in [1.807, 2.05) is 48.8 Å². The van der Waals surface area contributed by atoms with Crippen LogP contribution in [-0.4, -0.2) is 33.2 Å². The Kier molecular flexibility index (Phi) is 6.11. The van der Waals surface area contributed by atoms with Crippen molar-refractivity contribution >= 4 is 5.82 Å². The highest BCUT2D eigenvalue weighted by Crippen LogP contribution is 2.27. The highest BCUT2D eigenvalue weighted by Gasteiger charge is 2.10. The molecule has 4 rings (SSSR count). The monoisotopic (exact) mass is 396 g/mol. The van der Waals surface area contributed by atoms with Gasteiger partial charge in [0, 0.05) is 48.3 Å². The van der Waals surface area contributed by atoms with Crippen molar-refractivity contribution in [2.75, 3.05) is 18.5 Å². The Balaban J connectivity index is 1.74. The number of aliphatic hydroxyl groups is 1. The lowest BCUT2D eigenvalue weighted by Gasteiger charge is -2.11. The number of anilines is 1. The number of nitrogens with zero attached hydrogens (tertiary/aromatic N) is 3. The first-order valence-electron chi connectivity index (χ1n) is 10.0. The summed E-state index contributed by atoms with van der Waals surface area (Å²) >= 11 is 0. The zero-order valence-corrected chi connectivity index (χ0v) is 16.9. The average molecular weight is 396 g/mol. The molecule has 4 aromatic rings. The van der Waals surface area contributed by atoms with Gasteiger partial charge in [-0.15, -0.1) is 0 Å². The van der Waals surface area contributed by atoms with Gasteiger partial charge < -0.3 is 10.4 Å². The molecular formula is C25H24N4O. The highest BCUT2D eigenvalue weighted by molar-refractivity contribution is 5.72. The van der Waals surface area contributed by atoms with Gasteiger partial charge in [-0.2, -0.15) is 0 Å². The summed E-state index contributed by atoms with van der Waals surface area (Å²) in [5, 5.41) is 12.4. The first-order chi connectivity index (χ1) is 14.7. The molecule has 0 aliphatic rings. The van der Waals surface area contributed by atoms with Crippen molar-refractivity contribution in [1.29, 1.82) is 0 Å². The summed E-state index contributed by atoms with van der Waals surface area (Å²) in [4.78, 5) is 13.9. The molecule has 0 saturated carbocycles. The second-order valence-electron chi connectivity index (χ2n) is 7.16. The van der Waals surface area contributed by atoms with Crippen molar-refractivity contribution < 1.29 is 5.11 Å². The van der Waals surface area contributed by atoms with E-state index in [0.717, 1.165) is 33.8 Å². The maximum atomic E-state index is 9.08. The third kappa shape index (κ3) is 4.70. The van der Waals surface area contributed by atoms with Crippen molar-refractivity contribution in [3.63, 3.8) is 0 Å². The van der Waals surface area contributed by atoms with Crippen LogP contribution in [-0.2, 0) is 0 Å². The second kappa shape index (κ2) is 9.29. The van der Waals surface area contributed by atoms with Gasteiger partial charge in [-0.1, -0.05) is 60.2 Å². The van der Waals surface area contributed by atoms with Gasteiger partial charge in [0.1, 0.15) is 5.82 Å². The Morgan fingerprint density at radius 1 is 0.800 bits per heavy atom. The van der Waals surface area contributed by atoms with Crippen molar-refractivity contribution in [3.8, 4) is 33.8 Å². The van der Waals surface area contributed by atoms with Gasteiger partial charge in [0.25, 0.3) is 0 Å². The molecule has 0 amide bonds. The number of hydrogen-bond acceptors (Lipinski definition) is 5. The van der Waals surface area contributed by atoms with Crippen molar-refractivity contribution in [1.82, 2.24) is 15.0 Å². The van der Waals surface area contributed by atoms with E-state index < -0.39 is 0 Å². The Bertz CT molecular complexity index is 1110. The zero-order chi connectivity index (χ0) is 20.8. The lowest BCUT2D eigenvalue weighted by atomic mass is 10.0. The molecular weight excluding hydrogens is 372 g/mol. The lowest BCUT2D eigenvalue weighted by Crippen LogP contribution is -2.06. The third-order valence-electron chi connectivity index (χ3n) is 4.82. The topological polar surface area (TPSA) is 70.9 Å². The number of pyridine rings is 1. The number of aryl methyl sites for hydroxylation is 1. The molecule has 0 aliphatic heterocycles. The van der Waals surface area contributed by atoms with E-state index in [1.54, 1.807) is 0 Å². The largest absolute Gasteiger partial charge is 0.396 e. The van der Waals surface area contributed by atoms with E-state index in [9.17, 15) is 0 Å². The molecule has 0 atom stereocenters. The molecule has 0 spiro atoms. The Labute approximate surface area is 176 Å². The maximum absolute atomic E-state index is 9.08. The maximum Gasteiger partial charge on any atom is 0.162 e. The molecule has 2 aromatic carbocycles. The van der Waals surface area contributed by atoms with E-state index in [4.69, 9.17) is 10.1 Å². The Hall–Kier alpha value is -3.57. The molecule has 0 radical (unpaired) electrons. The number of aromatic nitrogens is 3. The molecule has 150 valence electrons. The first kappa shape index (κ1) is 19.7. The molecule has 30 heavy (non-hydrogen) atoms. The minimum absolute atomic E-state index is 0.138. The lowest BCUT2D eigenvalue weighted by molar-refractivity contribution is 0.292. The Morgan fingerprint density at radius 2 is 1.57 bits per heavy atom. The SMILES string of the molecule is Cc1ccc(-c2cncc(-c3cc(NCCCO)nc(-c4ccccc4)n3)c2)cc1. The van der Waals surface area contributed by atoms with E-state index >= 15 is 0 Å². The quantitative estimate of drug-likeness (QED) is 0.431. The predicted octanol–water partition coefficient (Wildman–Crippen LogP) is 4.98. The van der Waals surface area contributed by atoms with Crippen LogP contribution in [0.5, 0.6) is 0 Å². The van der Waals surface area contributed by atoms with Crippen LogP contribution in [0.4, 0.5) is 5.82 Å². The number of hydrogen-bond donors (Lipinski definition) is 2. The summed E-state index contributed by atoms with van der Waals surface area (Å²) < 4.78 is 0. The number of nitrogens with one attached hydrogen (secondary N) is 1. The molecule has 0 bridgehead atoms. The van der Waals surface area contributed by atoms with Crippen molar-refractivity contribution in [2.45, 2.75) is 13.3 Å². The number of rotatable bonds is 7. The van der Waals surface area contributed by atoms with Crippen molar-refractivity contribution in [2.24, 2.45) is 0 Å². The number of aliphatic hydroxyl groups excluding tert-OH is 1. The molecule has 0 saturated heterocycles. The van der Waals surface area contributed by atoms with Gasteiger partial charge >= 0.3 is 0 Å². The van der Waals surface area contributed by atoms with E-state index in [1.165, 1.54) is 5.56 Å². The molecule has 0 unspecified atom stereocenters. The molecule has 2 aromatic heterocycles. The Morgan fingerprint density at radius 3 is 2.33 bits per heavy atom. The van der Waals surface area contributed by atoms with Gasteiger partial charge in [-0.25, -0.2) is 9.97 Å². The smallest absolute Gasteiger partial charge is 0.162 e. The van der Waals surface area contributed by atoms with Gasteiger partial charge in [0.2, 0.25) is 0 Å².